The van der Waals surface area contributed by atoms with E-state index < -0.39 is 6.10 Å². The highest BCUT2D eigenvalue weighted by Crippen LogP contribution is 2.24. The van der Waals surface area contributed by atoms with Crippen LogP contribution in [0.2, 0.25) is 0 Å². The smallest absolute Gasteiger partial charge is 0.260 e. The zero-order valence-corrected chi connectivity index (χ0v) is 14.8. The van der Waals surface area contributed by atoms with Crippen LogP contribution >= 0.6 is 0 Å². The molecule has 22 heavy (non-hydrogen) atoms. The van der Waals surface area contributed by atoms with E-state index in [4.69, 9.17) is 4.74 Å². The minimum absolute atomic E-state index is 0.0707. The van der Waals surface area contributed by atoms with Gasteiger partial charge in [0.1, 0.15) is 5.75 Å². The number of rotatable bonds is 7. The molecule has 0 aliphatic heterocycles. The predicted octanol–water partition coefficient (Wildman–Crippen LogP) is 2.82. The second-order valence-electron chi connectivity index (χ2n) is 6.98. The highest BCUT2D eigenvalue weighted by atomic mass is 16.5. The Morgan fingerprint density at radius 3 is 2.32 bits per heavy atom. The Hall–Kier alpha value is -1.55. The van der Waals surface area contributed by atoms with Crippen molar-refractivity contribution in [2.24, 2.45) is 0 Å². The standard InChI is InChI=1S/C18H30N2O2/c1-14(17(21)19-12-7-13-20(5)6)22-16-10-8-15(9-11-16)18(2,3)4/h8-11,14H,7,12-13H2,1-6H3,(H,19,21). The number of nitrogens with zero attached hydrogens (tertiary/aromatic N) is 1. The van der Waals surface area contributed by atoms with E-state index in [1.54, 1.807) is 6.92 Å². The molecule has 0 bridgehead atoms. The van der Waals surface area contributed by atoms with Crippen molar-refractivity contribution in [1.82, 2.24) is 10.2 Å². The zero-order chi connectivity index (χ0) is 16.8. The van der Waals surface area contributed by atoms with Gasteiger partial charge in [0.2, 0.25) is 0 Å². The number of nitrogens with one attached hydrogen (secondary N) is 1. The first-order valence-electron chi connectivity index (χ1n) is 7.90. The molecule has 4 heteroatoms. The van der Waals surface area contributed by atoms with Crippen molar-refractivity contribution >= 4 is 5.91 Å². The molecule has 0 spiro atoms. The summed E-state index contributed by atoms with van der Waals surface area (Å²) in [5.74, 6) is 0.655. The maximum Gasteiger partial charge on any atom is 0.260 e. The van der Waals surface area contributed by atoms with Gasteiger partial charge in [0.25, 0.3) is 5.91 Å². The van der Waals surface area contributed by atoms with Crippen LogP contribution in [0.5, 0.6) is 5.75 Å². The van der Waals surface area contributed by atoms with Crippen LogP contribution in [-0.4, -0.2) is 44.1 Å². The van der Waals surface area contributed by atoms with Crippen LogP contribution < -0.4 is 10.1 Å². The lowest BCUT2D eigenvalue weighted by molar-refractivity contribution is -0.127. The van der Waals surface area contributed by atoms with Crippen molar-refractivity contribution in [3.05, 3.63) is 29.8 Å². The van der Waals surface area contributed by atoms with Crippen molar-refractivity contribution in [3.63, 3.8) is 0 Å². The second kappa shape index (κ2) is 8.18. The topological polar surface area (TPSA) is 41.6 Å². The van der Waals surface area contributed by atoms with E-state index in [0.29, 0.717) is 6.54 Å². The third-order valence-electron chi connectivity index (χ3n) is 3.48. The molecule has 0 radical (unpaired) electrons. The normalized spacial score (nSPS) is 13.0. The van der Waals surface area contributed by atoms with Crippen molar-refractivity contribution in [2.75, 3.05) is 27.2 Å². The van der Waals surface area contributed by atoms with Crippen molar-refractivity contribution < 1.29 is 9.53 Å². The lowest BCUT2D eigenvalue weighted by atomic mass is 9.87. The van der Waals surface area contributed by atoms with Gasteiger partial charge in [-0.3, -0.25) is 4.79 Å². The maximum absolute atomic E-state index is 12.0. The SMILES string of the molecule is CC(Oc1ccc(C(C)(C)C)cc1)C(=O)NCCCN(C)C. The number of hydrogen-bond acceptors (Lipinski definition) is 3. The van der Waals surface area contributed by atoms with Gasteiger partial charge < -0.3 is 15.0 Å². The van der Waals surface area contributed by atoms with Gasteiger partial charge in [0.15, 0.2) is 6.10 Å². The Morgan fingerprint density at radius 1 is 1.23 bits per heavy atom. The number of ether oxygens (including phenoxy) is 1. The predicted molar refractivity (Wildman–Crippen MR) is 91.4 cm³/mol. The number of carbonyl (C=O) groups excluding carboxylic acids is 1. The molecule has 4 nitrogen and oxygen atoms in total. The molecule has 0 saturated carbocycles. The number of amides is 1. The average Bonchev–Trinajstić information content (AvgIpc) is 2.42. The highest BCUT2D eigenvalue weighted by Gasteiger charge is 2.16. The van der Waals surface area contributed by atoms with Crippen LogP contribution in [0.15, 0.2) is 24.3 Å². The Bertz CT molecular complexity index is 461. The fourth-order valence-electron chi connectivity index (χ4n) is 2.04. The van der Waals surface area contributed by atoms with E-state index in [1.165, 1.54) is 5.56 Å². The van der Waals surface area contributed by atoms with Gasteiger partial charge in [0.05, 0.1) is 0 Å². The molecule has 0 heterocycles. The van der Waals surface area contributed by atoms with Crippen molar-refractivity contribution in [1.29, 1.82) is 0 Å². The van der Waals surface area contributed by atoms with E-state index in [0.717, 1.165) is 18.7 Å². The van der Waals surface area contributed by atoms with E-state index in [2.05, 4.69) is 43.1 Å². The number of benzene rings is 1. The first kappa shape index (κ1) is 18.5. The molecule has 1 N–H and O–H groups in total. The Balaban J connectivity index is 2.43. The first-order valence-corrected chi connectivity index (χ1v) is 7.90. The molecule has 1 rings (SSSR count). The lowest BCUT2D eigenvalue weighted by Crippen LogP contribution is -2.37. The van der Waals surface area contributed by atoms with Gasteiger partial charge >= 0.3 is 0 Å². The zero-order valence-electron chi connectivity index (χ0n) is 14.8. The largest absolute Gasteiger partial charge is 0.481 e. The summed E-state index contributed by atoms with van der Waals surface area (Å²) in [6.07, 6.45) is 0.450. The summed E-state index contributed by atoms with van der Waals surface area (Å²) in [6, 6.07) is 7.96. The maximum atomic E-state index is 12.0. The second-order valence-corrected chi connectivity index (χ2v) is 6.98. The van der Waals surface area contributed by atoms with Gasteiger partial charge in [-0.15, -0.1) is 0 Å². The van der Waals surface area contributed by atoms with Gasteiger partial charge in [-0.1, -0.05) is 32.9 Å². The Labute approximate surface area is 134 Å². The summed E-state index contributed by atoms with van der Waals surface area (Å²) in [6.45, 7) is 9.93. The van der Waals surface area contributed by atoms with Crippen molar-refractivity contribution in [3.8, 4) is 5.75 Å². The quantitative estimate of drug-likeness (QED) is 0.788. The lowest BCUT2D eigenvalue weighted by Gasteiger charge is -2.20. The minimum Gasteiger partial charge on any atom is -0.481 e. The molecule has 0 fully saturated rings. The fourth-order valence-corrected chi connectivity index (χ4v) is 2.04. The van der Waals surface area contributed by atoms with Crippen LogP contribution in [0.1, 0.15) is 39.7 Å². The summed E-state index contributed by atoms with van der Waals surface area (Å²) in [5.41, 5.74) is 1.37. The highest BCUT2D eigenvalue weighted by molar-refractivity contribution is 5.80. The van der Waals surface area contributed by atoms with Crippen LogP contribution in [0, 0.1) is 0 Å². The van der Waals surface area contributed by atoms with E-state index >= 15 is 0 Å². The minimum atomic E-state index is -0.486. The number of carbonyl (C=O) groups is 1. The molecule has 1 amide bonds. The summed E-state index contributed by atoms with van der Waals surface area (Å²) in [5, 5.41) is 2.90. The fraction of sp³-hybridized carbons (Fsp3) is 0.611. The molecule has 1 aromatic rings. The van der Waals surface area contributed by atoms with Crippen LogP contribution in [0.4, 0.5) is 0 Å². The summed E-state index contributed by atoms with van der Waals surface area (Å²) in [4.78, 5) is 14.1. The monoisotopic (exact) mass is 306 g/mol. The summed E-state index contributed by atoms with van der Waals surface area (Å²) in [7, 11) is 4.05. The third kappa shape index (κ3) is 6.48. The van der Waals surface area contributed by atoms with Crippen molar-refractivity contribution in [2.45, 2.75) is 45.6 Å². The molecule has 0 aliphatic rings. The molecule has 0 saturated heterocycles. The van der Waals surface area contributed by atoms with Crippen LogP contribution in [-0.2, 0) is 10.2 Å². The van der Waals surface area contributed by atoms with Gasteiger partial charge in [0, 0.05) is 6.54 Å². The van der Waals surface area contributed by atoms with Gasteiger partial charge in [-0.2, -0.15) is 0 Å². The van der Waals surface area contributed by atoms with E-state index in [1.807, 2.05) is 26.2 Å². The molecule has 1 unspecified atom stereocenters. The molecule has 0 aromatic heterocycles. The van der Waals surface area contributed by atoms with Crippen LogP contribution in [0.25, 0.3) is 0 Å². The molecular formula is C18H30N2O2. The molecular weight excluding hydrogens is 276 g/mol. The van der Waals surface area contributed by atoms with Gasteiger partial charge in [-0.25, -0.2) is 0 Å². The Morgan fingerprint density at radius 2 is 1.82 bits per heavy atom. The number of hydrogen-bond donors (Lipinski definition) is 1. The summed E-state index contributed by atoms with van der Waals surface area (Å²) >= 11 is 0. The van der Waals surface area contributed by atoms with Crippen LogP contribution in [0.3, 0.4) is 0 Å². The molecule has 0 aliphatic carbocycles. The first-order chi connectivity index (χ1) is 10.2. The van der Waals surface area contributed by atoms with E-state index in [9.17, 15) is 4.79 Å². The van der Waals surface area contributed by atoms with Gasteiger partial charge in [-0.05, 0) is 57.1 Å². The molecule has 1 aromatic carbocycles. The molecule has 1 atom stereocenters. The van der Waals surface area contributed by atoms with E-state index in [-0.39, 0.29) is 11.3 Å². The Kier molecular flexibility index (Phi) is 6.88. The third-order valence-corrected chi connectivity index (χ3v) is 3.48. The molecule has 124 valence electrons. The summed E-state index contributed by atoms with van der Waals surface area (Å²) < 4.78 is 5.70. The average molecular weight is 306 g/mol.